The minimum absolute atomic E-state index is 0.246. The van der Waals surface area contributed by atoms with Crippen molar-refractivity contribution < 1.29 is 0 Å². The lowest BCUT2D eigenvalue weighted by atomic mass is 9.87. The molecule has 0 radical (unpaired) electrons. The average molecular weight is 284 g/mol. The molecule has 1 N–H and O–H groups in total. The molecule has 1 saturated heterocycles. The number of rotatable bonds is 6. The van der Waals surface area contributed by atoms with Gasteiger partial charge >= 0.3 is 0 Å². The molecular formula is C15H26ClN3. The van der Waals surface area contributed by atoms with E-state index >= 15 is 0 Å². The zero-order chi connectivity index (χ0) is 13.9. The van der Waals surface area contributed by atoms with Crippen LogP contribution in [0.15, 0.2) is 0 Å². The van der Waals surface area contributed by atoms with Crippen molar-refractivity contribution in [3.8, 4) is 0 Å². The number of aromatic nitrogens is 2. The molecule has 0 saturated carbocycles. The predicted octanol–water partition coefficient (Wildman–Crippen LogP) is 3.58. The summed E-state index contributed by atoms with van der Waals surface area (Å²) in [5.74, 6) is 0. The maximum absolute atomic E-state index is 6.54. The van der Waals surface area contributed by atoms with Crippen LogP contribution in [0.4, 0.5) is 0 Å². The molecule has 0 bridgehead atoms. The third kappa shape index (κ3) is 2.97. The molecule has 1 atom stereocenters. The molecular weight excluding hydrogens is 258 g/mol. The highest BCUT2D eigenvalue weighted by molar-refractivity contribution is 6.31. The van der Waals surface area contributed by atoms with Crippen LogP contribution >= 0.6 is 11.6 Å². The Morgan fingerprint density at radius 2 is 2.16 bits per heavy atom. The Balaban J connectivity index is 2.28. The highest BCUT2D eigenvalue weighted by Crippen LogP contribution is 2.32. The Hall–Kier alpha value is -0.540. The van der Waals surface area contributed by atoms with Gasteiger partial charge in [-0.1, -0.05) is 31.9 Å². The zero-order valence-corrected chi connectivity index (χ0v) is 13.2. The van der Waals surface area contributed by atoms with Crippen molar-refractivity contribution in [2.45, 2.75) is 71.4 Å². The fraction of sp³-hybridized carbons (Fsp3) is 0.800. The van der Waals surface area contributed by atoms with Gasteiger partial charge < -0.3 is 5.32 Å². The van der Waals surface area contributed by atoms with Crippen LogP contribution in [-0.4, -0.2) is 21.9 Å². The van der Waals surface area contributed by atoms with Crippen molar-refractivity contribution >= 4 is 11.6 Å². The van der Waals surface area contributed by atoms with Gasteiger partial charge in [0, 0.05) is 18.5 Å². The second kappa shape index (κ2) is 6.27. The van der Waals surface area contributed by atoms with Gasteiger partial charge in [-0.3, -0.25) is 4.68 Å². The molecule has 1 fully saturated rings. The van der Waals surface area contributed by atoms with Crippen LogP contribution in [0.25, 0.3) is 0 Å². The van der Waals surface area contributed by atoms with E-state index in [1.807, 2.05) is 0 Å². The summed E-state index contributed by atoms with van der Waals surface area (Å²) in [6, 6.07) is 0. The molecule has 19 heavy (non-hydrogen) atoms. The third-order valence-electron chi connectivity index (χ3n) is 4.26. The van der Waals surface area contributed by atoms with Crippen molar-refractivity contribution in [2.24, 2.45) is 0 Å². The average Bonchev–Trinajstić information content (AvgIpc) is 2.97. The monoisotopic (exact) mass is 283 g/mol. The second-order valence-corrected chi connectivity index (χ2v) is 5.99. The van der Waals surface area contributed by atoms with E-state index in [4.69, 9.17) is 11.6 Å². The predicted molar refractivity (Wildman–Crippen MR) is 80.9 cm³/mol. The maximum Gasteiger partial charge on any atom is 0.0850 e. The van der Waals surface area contributed by atoms with Gasteiger partial charge in [-0.15, -0.1) is 0 Å². The molecule has 2 heterocycles. The van der Waals surface area contributed by atoms with Crippen LogP contribution in [0.2, 0.25) is 5.02 Å². The first-order valence-electron chi connectivity index (χ1n) is 7.65. The summed E-state index contributed by atoms with van der Waals surface area (Å²) >= 11 is 6.54. The van der Waals surface area contributed by atoms with Crippen molar-refractivity contribution in [3.05, 3.63) is 16.4 Å². The first-order valence-corrected chi connectivity index (χ1v) is 8.02. The van der Waals surface area contributed by atoms with Gasteiger partial charge in [-0.25, -0.2) is 0 Å². The van der Waals surface area contributed by atoms with Crippen LogP contribution in [0.1, 0.15) is 57.8 Å². The van der Waals surface area contributed by atoms with Gasteiger partial charge in [0.25, 0.3) is 0 Å². The number of halogens is 1. The lowest BCUT2D eigenvalue weighted by molar-refractivity contribution is 0.332. The highest BCUT2D eigenvalue weighted by Gasteiger charge is 2.34. The smallest absolute Gasteiger partial charge is 0.0850 e. The quantitative estimate of drug-likeness (QED) is 0.865. The molecule has 1 aromatic heterocycles. The highest BCUT2D eigenvalue weighted by atomic mass is 35.5. The Morgan fingerprint density at radius 1 is 1.37 bits per heavy atom. The van der Waals surface area contributed by atoms with Gasteiger partial charge in [-0.2, -0.15) is 5.10 Å². The summed E-state index contributed by atoms with van der Waals surface area (Å²) < 4.78 is 2.10. The third-order valence-corrected chi connectivity index (χ3v) is 4.70. The molecule has 1 aromatic rings. The summed E-state index contributed by atoms with van der Waals surface area (Å²) in [5, 5.41) is 9.26. The number of hydrogen-bond donors (Lipinski definition) is 1. The van der Waals surface area contributed by atoms with E-state index in [1.165, 1.54) is 31.4 Å². The van der Waals surface area contributed by atoms with E-state index in [0.29, 0.717) is 0 Å². The van der Waals surface area contributed by atoms with Crippen molar-refractivity contribution in [1.82, 2.24) is 15.1 Å². The lowest BCUT2D eigenvalue weighted by Crippen LogP contribution is -2.42. The van der Waals surface area contributed by atoms with Crippen LogP contribution in [-0.2, 0) is 19.4 Å². The van der Waals surface area contributed by atoms with Gasteiger partial charge in [0.05, 0.1) is 16.4 Å². The number of aryl methyl sites for hydroxylation is 2. The fourth-order valence-corrected chi connectivity index (χ4v) is 3.64. The number of nitrogens with zero attached hydrogens (tertiary/aromatic N) is 2. The first kappa shape index (κ1) is 14.9. The Labute approximate surface area is 121 Å². The maximum atomic E-state index is 6.54. The molecule has 0 aromatic carbocycles. The van der Waals surface area contributed by atoms with Crippen molar-refractivity contribution in [3.63, 3.8) is 0 Å². The zero-order valence-electron chi connectivity index (χ0n) is 12.4. The normalized spacial score (nSPS) is 23.2. The molecule has 1 aliphatic rings. The van der Waals surface area contributed by atoms with E-state index in [1.54, 1.807) is 0 Å². The van der Waals surface area contributed by atoms with Gasteiger partial charge in [0.15, 0.2) is 0 Å². The molecule has 0 spiro atoms. The van der Waals surface area contributed by atoms with E-state index in [2.05, 4.69) is 35.9 Å². The Kier molecular flexibility index (Phi) is 4.91. The first-order chi connectivity index (χ1) is 9.15. The fourth-order valence-electron chi connectivity index (χ4n) is 3.31. The summed E-state index contributed by atoms with van der Waals surface area (Å²) in [5.41, 5.74) is 2.52. The molecule has 4 heteroatoms. The Morgan fingerprint density at radius 3 is 2.68 bits per heavy atom. The van der Waals surface area contributed by atoms with Gasteiger partial charge in [0.1, 0.15) is 0 Å². The molecule has 1 aliphatic heterocycles. The minimum atomic E-state index is 0.246. The Bertz CT molecular complexity index is 419. The van der Waals surface area contributed by atoms with Crippen LogP contribution in [0, 0.1) is 0 Å². The summed E-state index contributed by atoms with van der Waals surface area (Å²) in [6.45, 7) is 8.56. The summed E-state index contributed by atoms with van der Waals surface area (Å²) in [7, 11) is 0. The SMILES string of the molecule is CCCC1(Cc2c(Cl)c(CC)nn2CC)CCCN1. The lowest BCUT2D eigenvalue weighted by Gasteiger charge is -2.29. The molecule has 0 aliphatic carbocycles. The van der Waals surface area contributed by atoms with E-state index in [-0.39, 0.29) is 5.54 Å². The van der Waals surface area contributed by atoms with E-state index in [0.717, 1.165) is 36.6 Å². The molecule has 108 valence electrons. The van der Waals surface area contributed by atoms with Gasteiger partial charge in [0.2, 0.25) is 0 Å². The second-order valence-electron chi connectivity index (χ2n) is 5.61. The standard InChI is InChI=1S/C15H26ClN3/c1-4-8-15(9-7-10-17-15)11-13-14(16)12(5-2)18-19(13)6-3/h17H,4-11H2,1-3H3. The summed E-state index contributed by atoms with van der Waals surface area (Å²) in [6.07, 6.45) is 6.89. The topological polar surface area (TPSA) is 29.9 Å². The molecule has 2 rings (SSSR count). The van der Waals surface area contributed by atoms with Crippen LogP contribution in [0.3, 0.4) is 0 Å². The summed E-state index contributed by atoms with van der Waals surface area (Å²) in [4.78, 5) is 0. The molecule has 1 unspecified atom stereocenters. The molecule has 0 amide bonds. The van der Waals surface area contributed by atoms with Crippen LogP contribution < -0.4 is 5.32 Å². The van der Waals surface area contributed by atoms with Crippen molar-refractivity contribution in [1.29, 1.82) is 0 Å². The largest absolute Gasteiger partial charge is 0.311 e. The molecule has 3 nitrogen and oxygen atoms in total. The number of hydrogen-bond acceptors (Lipinski definition) is 2. The van der Waals surface area contributed by atoms with E-state index in [9.17, 15) is 0 Å². The van der Waals surface area contributed by atoms with E-state index < -0.39 is 0 Å². The number of nitrogens with one attached hydrogen (secondary N) is 1. The van der Waals surface area contributed by atoms with Crippen molar-refractivity contribution in [2.75, 3.05) is 6.54 Å². The minimum Gasteiger partial charge on any atom is -0.311 e. The van der Waals surface area contributed by atoms with Gasteiger partial charge in [-0.05, 0) is 39.2 Å². The van der Waals surface area contributed by atoms with Crippen LogP contribution in [0.5, 0.6) is 0 Å².